The van der Waals surface area contributed by atoms with Crippen LogP contribution in [0.5, 0.6) is 0 Å². The molecule has 6 rings (SSSR count). The van der Waals surface area contributed by atoms with Gasteiger partial charge >= 0.3 is 0 Å². The lowest BCUT2D eigenvalue weighted by molar-refractivity contribution is 0.0865. The third-order valence-electron chi connectivity index (χ3n) is 5.87. The van der Waals surface area contributed by atoms with Crippen LogP contribution in [0, 0.1) is 5.82 Å². The van der Waals surface area contributed by atoms with E-state index in [1.807, 2.05) is 54.6 Å². The van der Waals surface area contributed by atoms with Crippen LogP contribution < -0.4 is 15.7 Å². The molecule has 2 N–H and O–H groups in total. The van der Waals surface area contributed by atoms with Gasteiger partial charge in [-0.3, -0.25) is 9.92 Å². The van der Waals surface area contributed by atoms with Crippen molar-refractivity contribution in [1.82, 2.24) is 14.7 Å². The summed E-state index contributed by atoms with van der Waals surface area (Å²) in [6, 6.07) is 23.9. The number of hydrogen-bond acceptors (Lipinski definition) is 5. The molecule has 0 saturated carbocycles. The quantitative estimate of drug-likeness (QED) is 0.429. The van der Waals surface area contributed by atoms with E-state index in [0.29, 0.717) is 18.0 Å². The molecule has 0 unspecified atom stereocenters. The van der Waals surface area contributed by atoms with Crippen molar-refractivity contribution in [3.05, 3.63) is 103 Å². The number of nitrogens with zero attached hydrogens (tertiary/aromatic N) is 4. The van der Waals surface area contributed by atoms with Crippen molar-refractivity contribution < 1.29 is 9.33 Å². The third kappa shape index (κ3) is 3.30. The Morgan fingerprint density at radius 3 is 2.39 bits per heavy atom. The molecule has 0 aliphatic carbocycles. The minimum Gasteiger partial charge on any atom is -0.322 e. The van der Waals surface area contributed by atoms with Gasteiger partial charge < -0.3 is 5.73 Å². The van der Waals surface area contributed by atoms with E-state index >= 15 is 0 Å². The van der Waals surface area contributed by atoms with Crippen molar-refractivity contribution in [2.75, 3.05) is 11.6 Å². The van der Waals surface area contributed by atoms with Gasteiger partial charge in [0.15, 0.2) is 11.5 Å². The lowest BCUT2D eigenvalue weighted by Crippen LogP contribution is -2.42. The number of nitrogens with two attached hydrogens (primary N) is 1. The Labute approximate surface area is 189 Å². The molecule has 6 nitrogen and oxygen atoms in total. The Hall–Kier alpha value is -4.23. The molecule has 0 saturated heterocycles. The van der Waals surface area contributed by atoms with Gasteiger partial charge in [0.05, 0.1) is 12.6 Å². The van der Waals surface area contributed by atoms with Crippen molar-refractivity contribution in [3.63, 3.8) is 0 Å². The molecule has 0 spiro atoms. The van der Waals surface area contributed by atoms with Gasteiger partial charge in [-0.15, -0.1) is 4.73 Å². The Morgan fingerprint density at radius 1 is 0.879 bits per heavy atom. The average Bonchev–Trinajstić information content (AvgIpc) is 3.22. The molecular weight excluding hydrogens is 417 g/mol. The van der Waals surface area contributed by atoms with Crippen LogP contribution in [0.2, 0.25) is 0 Å². The van der Waals surface area contributed by atoms with Gasteiger partial charge in [0.25, 0.3) is 0 Å². The summed E-state index contributed by atoms with van der Waals surface area (Å²) in [7, 11) is 0. The first-order valence-corrected chi connectivity index (χ1v) is 10.7. The first kappa shape index (κ1) is 19.5. The van der Waals surface area contributed by atoms with Gasteiger partial charge in [-0.2, -0.15) is 5.06 Å². The number of rotatable bonds is 5. The zero-order valence-corrected chi connectivity index (χ0v) is 17.6. The molecular formula is C26H20FN5O. The number of fused-ring (bicyclic) bond motifs is 1. The number of pyridine rings is 2. The van der Waals surface area contributed by atoms with Crippen molar-refractivity contribution in [1.29, 1.82) is 0 Å². The van der Waals surface area contributed by atoms with Gasteiger partial charge in [0, 0.05) is 28.9 Å². The van der Waals surface area contributed by atoms with Crippen LogP contribution in [0.3, 0.4) is 0 Å². The summed E-state index contributed by atoms with van der Waals surface area (Å²) in [4.78, 5) is 15.4. The van der Waals surface area contributed by atoms with Crippen LogP contribution in [-0.2, 0) is 0 Å². The molecule has 7 heteroatoms. The fraction of sp³-hybridized carbons (Fsp3) is 0.0769. The van der Waals surface area contributed by atoms with Gasteiger partial charge in [0.2, 0.25) is 0 Å². The van der Waals surface area contributed by atoms with E-state index in [9.17, 15) is 4.39 Å². The van der Waals surface area contributed by atoms with Gasteiger partial charge in [-0.05, 0) is 59.7 Å². The summed E-state index contributed by atoms with van der Waals surface area (Å²) in [6.07, 6.45) is 3.50. The maximum atomic E-state index is 13.7. The minimum absolute atomic E-state index is 0.269. The van der Waals surface area contributed by atoms with Crippen LogP contribution in [0.4, 0.5) is 10.2 Å². The highest BCUT2D eigenvalue weighted by Gasteiger charge is 2.29. The summed E-state index contributed by atoms with van der Waals surface area (Å²) in [6.45, 7) is 0.410. The summed E-state index contributed by atoms with van der Waals surface area (Å²) < 4.78 is 15.4. The molecule has 4 heterocycles. The number of anilines is 1. The zero-order valence-electron chi connectivity index (χ0n) is 17.6. The molecule has 0 amide bonds. The number of halogens is 1. The molecule has 162 valence electrons. The van der Waals surface area contributed by atoms with E-state index in [-0.39, 0.29) is 11.9 Å². The largest absolute Gasteiger partial charge is 0.322 e. The molecule has 1 aliphatic rings. The normalized spacial score (nSPS) is 13.3. The molecule has 0 fully saturated rings. The number of aromatic nitrogens is 3. The number of hydrogen-bond donors (Lipinski definition) is 1. The van der Waals surface area contributed by atoms with E-state index < -0.39 is 0 Å². The fourth-order valence-corrected chi connectivity index (χ4v) is 4.27. The van der Waals surface area contributed by atoms with Crippen LogP contribution in [0.25, 0.3) is 33.4 Å². The average molecular weight is 437 g/mol. The molecule has 5 aromatic rings. The van der Waals surface area contributed by atoms with Gasteiger partial charge in [-0.1, -0.05) is 30.3 Å². The first-order valence-electron chi connectivity index (χ1n) is 10.7. The summed E-state index contributed by atoms with van der Waals surface area (Å²) in [5.41, 5.74) is 11.7. The van der Waals surface area contributed by atoms with Crippen molar-refractivity contribution in [3.8, 4) is 22.4 Å². The van der Waals surface area contributed by atoms with Crippen molar-refractivity contribution in [2.24, 2.45) is 5.73 Å². The van der Waals surface area contributed by atoms with Crippen molar-refractivity contribution >= 4 is 16.9 Å². The Balaban J connectivity index is 1.50. The Kier molecular flexibility index (Phi) is 4.55. The van der Waals surface area contributed by atoms with E-state index in [2.05, 4.69) is 4.98 Å². The smallest absolute Gasteiger partial charge is 0.182 e. The van der Waals surface area contributed by atoms with Gasteiger partial charge in [-0.25, -0.2) is 9.37 Å². The van der Waals surface area contributed by atoms with Crippen molar-refractivity contribution in [2.45, 2.75) is 6.04 Å². The van der Waals surface area contributed by atoms with E-state index in [1.165, 1.54) is 12.1 Å². The van der Waals surface area contributed by atoms with E-state index in [1.54, 1.807) is 34.3 Å². The van der Waals surface area contributed by atoms with Crippen LogP contribution in [0.15, 0.2) is 91.3 Å². The number of hydroxylamine groups is 1. The second-order valence-corrected chi connectivity index (χ2v) is 7.96. The highest BCUT2D eigenvalue weighted by Crippen LogP contribution is 2.42. The first-order chi connectivity index (χ1) is 16.2. The monoisotopic (exact) mass is 437 g/mol. The molecule has 33 heavy (non-hydrogen) atoms. The molecule has 3 aromatic heterocycles. The maximum Gasteiger partial charge on any atom is 0.182 e. The van der Waals surface area contributed by atoms with Crippen LogP contribution >= 0.6 is 0 Å². The van der Waals surface area contributed by atoms with Gasteiger partial charge in [0.1, 0.15) is 11.5 Å². The molecule has 2 aromatic carbocycles. The SMILES string of the molecule is N[C@H](CN1On2c(-c3ccc(F)cc3)c(-c3ccncc3)c3ccc1nc32)c1ccccc1. The summed E-state index contributed by atoms with van der Waals surface area (Å²) in [5.74, 6) is 0.390. The lowest BCUT2D eigenvalue weighted by atomic mass is 10.00. The predicted octanol–water partition coefficient (Wildman–Crippen LogP) is 4.77. The summed E-state index contributed by atoms with van der Waals surface area (Å²) in [5, 5.41) is 2.64. The highest BCUT2D eigenvalue weighted by molar-refractivity contribution is 6.03. The Morgan fingerprint density at radius 2 is 1.64 bits per heavy atom. The zero-order chi connectivity index (χ0) is 22.4. The second-order valence-electron chi connectivity index (χ2n) is 7.96. The topological polar surface area (TPSA) is 69.2 Å². The minimum atomic E-state index is -0.296. The number of benzene rings is 2. The van der Waals surface area contributed by atoms with Crippen LogP contribution in [0.1, 0.15) is 11.6 Å². The van der Waals surface area contributed by atoms with Crippen LogP contribution in [-0.4, -0.2) is 21.2 Å². The maximum absolute atomic E-state index is 13.7. The summed E-state index contributed by atoms with van der Waals surface area (Å²) >= 11 is 0. The third-order valence-corrected chi connectivity index (χ3v) is 5.87. The molecule has 1 atom stereocenters. The highest BCUT2D eigenvalue weighted by atomic mass is 19.1. The fourth-order valence-electron chi connectivity index (χ4n) is 4.27. The molecule has 2 bridgehead atoms. The van der Waals surface area contributed by atoms with E-state index in [0.717, 1.165) is 33.3 Å². The predicted molar refractivity (Wildman–Crippen MR) is 126 cm³/mol. The lowest BCUT2D eigenvalue weighted by Gasteiger charge is -2.29. The molecule has 1 aliphatic heterocycles. The van der Waals surface area contributed by atoms with E-state index in [4.69, 9.17) is 15.7 Å². The second kappa shape index (κ2) is 7.72. The Bertz CT molecular complexity index is 1440. The standard InChI is InChI=1S/C26H20FN5O/c27-20-8-6-19(7-9-20)25-24(18-12-14-29-15-13-18)21-10-11-23-30-26(21)32(25)33-31(23)16-22(28)17-4-2-1-3-5-17/h1-15,22H,16,28H2/t22-/m1/s1. The molecule has 0 radical (unpaired) electrons.